The zero-order valence-electron chi connectivity index (χ0n) is 10.3. The van der Waals surface area contributed by atoms with E-state index < -0.39 is 5.97 Å². The topological polar surface area (TPSA) is 69.6 Å². The zero-order valence-corrected chi connectivity index (χ0v) is 11.9. The first-order valence-corrected chi connectivity index (χ1v) is 6.89. The monoisotopic (exact) mass is 318 g/mol. The number of aliphatic carboxylic acids is 1. The highest BCUT2D eigenvalue weighted by molar-refractivity contribution is 9.11. The lowest BCUT2D eigenvalue weighted by atomic mass is 9.98. The summed E-state index contributed by atoms with van der Waals surface area (Å²) in [5.74, 6) is -0.810. The Morgan fingerprint density at radius 1 is 1.44 bits per heavy atom. The van der Waals surface area contributed by atoms with Crippen molar-refractivity contribution < 1.29 is 14.7 Å². The van der Waals surface area contributed by atoms with Gasteiger partial charge in [0.25, 0.3) is 0 Å². The Balaban J connectivity index is 2.49. The molecule has 0 radical (unpaired) electrons. The quantitative estimate of drug-likeness (QED) is 0.817. The summed E-state index contributed by atoms with van der Waals surface area (Å²) in [5, 5.41) is 11.5. The van der Waals surface area contributed by atoms with Crippen molar-refractivity contribution >= 4 is 27.9 Å². The van der Waals surface area contributed by atoms with Crippen molar-refractivity contribution in [1.29, 1.82) is 0 Å². The minimum Gasteiger partial charge on any atom is -0.481 e. The van der Waals surface area contributed by atoms with Crippen molar-refractivity contribution in [2.24, 2.45) is 0 Å². The standard InChI is InChI=1S/C12H19BrN2O3/c1-9(13)8-14-12(18)15-7-3-2-4-10(15)5-6-11(16)17/h10H,1-8H2,(H,14,18)(H,16,17). The van der Waals surface area contributed by atoms with Crippen LogP contribution >= 0.6 is 15.9 Å². The van der Waals surface area contributed by atoms with E-state index in [9.17, 15) is 9.59 Å². The molecule has 1 saturated heterocycles. The largest absolute Gasteiger partial charge is 0.481 e. The van der Waals surface area contributed by atoms with Crippen LogP contribution in [0.4, 0.5) is 4.79 Å². The van der Waals surface area contributed by atoms with E-state index in [0.717, 1.165) is 23.7 Å². The van der Waals surface area contributed by atoms with E-state index in [1.54, 1.807) is 4.90 Å². The SMILES string of the molecule is C=C(Br)CNC(=O)N1CCCCC1CCC(=O)O. The predicted molar refractivity (Wildman–Crippen MR) is 72.7 cm³/mol. The molecule has 1 aliphatic rings. The van der Waals surface area contributed by atoms with Crippen LogP contribution in [0.15, 0.2) is 11.1 Å². The fourth-order valence-corrected chi connectivity index (χ4v) is 2.27. The summed E-state index contributed by atoms with van der Waals surface area (Å²) in [6.07, 6.45) is 3.55. The Morgan fingerprint density at radius 3 is 2.78 bits per heavy atom. The van der Waals surface area contributed by atoms with Crippen molar-refractivity contribution in [2.45, 2.75) is 38.1 Å². The molecular weight excluding hydrogens is 300 g/mol. The summed E-state index contributed by atoms with van der Waals surface area (Å²) in [5.41, 5.74) is 0. The summed E-state index contributed by atoms with van der Waals surface area (Å²) in [7, 11) is 0. The lowest BCUT2D eigenvalue weighted by molar-refractivity contribution is -0.137. The molecular formula is C12H19BrN2O3. The average molecular weight is 319 g/mol. The molecule has 1 heterocycles. The molecule has 1 aliphatic heterocycles. The maximum atomic E-state index is 12.0. The molecule has 0 aromatic heterocycles. The second-order valence-corrected chi connectivity index (χ2v) is 5.57. The fourth-order valence-electron chi connectivity index (χ4n) is 2.13. The number of carboxylic acids is 1. The minimum absolute atomic E-state index is 0.0402. The van der Waals surface area contributed by atoms with Gasteiger partial charge in [0.05, 0.1) is 6.54 Å². The third kappa shape index (κ3) is 5.08. The lowest BCUT2D eigenvalue weighted by Gasteiger charge is -2.35. The van der Waals surface area contributed by atoms with Crippen LogP contribution in [0.5, 0.6) is 0 Å². The third-order valence-electron chi connectivity index (χ3n) is 3.01. The highest BCUT2D eigenvalue weighted by Crippen LogP contribution is 2.21. The van der Waals surface area contributed by atoms with E-state index in [2.05, 4.69) is 27.8 Å². The first-order valence-electron chi connectivity index (χ1n) is 6.10. The van der Waals surface area contributed by atoms with Crippen LogP contribution in [0.2, 0.25) is 0 Å². The van der Waals surface area contributed by atoms with Gasteiger partial charge in [-0.2, -0.15) is 0 Å². The number of nitrogens with one attached hydrogen (secondary N) is 1. The van der Waals surface area contributed by atoms with Gasteiger partial charge in [0.15, 0.2) is 0 Å². The van der Waals surface area contributed by atoms with Gasteiger partial charge < -0.3 is 15.3 Å². The lowest BCUT2D eigenvalue weighted by Crippen LogP contribution is -2.49. The summed E-state index contributed by atoms with van der Waals surface area (Å²) in [6, 6.07) is -0.0934. The van der Waals surface area contributed by atoms with Crippen LogP contribution < -0.4 is 5.32 Å². The number of carbonyl (C=O) groups is 2. The van der Waals surface area contributed by atoms with Gasteiger partial charge in [-0.3, -0.25) is 4.79 Å². The van der Waals surface area contributed by atoms with Crippen molar-refractivity contribution in [3.63, 3.8) is 0 Å². The van der Waals surface area contributed by atoms with Gasteiger partial charge in [-0.05, 0) is 25.7 Å². The molecule has 0 aromatic carbocycles. The molecule has 1 rings (SSSR count). The Morgan fingerprint density at radius 2 is 2.17 bits per heavy atom. The Kier molecular flexibility index (Phi) is 6.18. The number of rotatable bonds is 5. The van der Waals surface area contributed by atoms with Crippen LogP contribution in [0.3, 0.4) is 0 Å². The van der Waals surface area contributed by atoms with Crippen molar-refractivity contribution in [2.75, 3.05) is 13.1 Å². The molecule has 0 spiro atoms. The molecule has 0 aromatic rings. The van der Waals surface area contributed by atoms with Gasteiger partial charge >= 0.3 is 12.0 Å². The normalized spacial score (nSPS) is 19.4. The summed E-state index contributed by atoms with van der Waals surface area (Å²) in [6.45, 7) is 4.75. The molecule has 1 atom stereocenters. The summed E-state index contributed by atoms with van der Waals surface area (Å²) in [4.78, 5) is 24.3. The third-order valence-corrected chi connectivity index (χ3v) is 3.29. The first-order chi connectivity index (χ1) is 8.50. The summed E-state index contributed by atoms with van der Waals surface area (Å²) < 4.78 is 0.718. The Hall–Kier alpha value is -1.04. The first kappa shape index (κ1) is 15.0. The number of halogens is 1. The van der Waals surface area contributed by atoms with E-state index in [-0.39, 0.29) is 18.5 Å². The highest BCUT2D eigenvalue weighted by atomic mass is 79.9. The van der Waals surface area contributed by atoms with E-state index in [1.165, 1.54) is 0 Å². The van der Waals surface area contributed by atoms with Gasteiger partial charge in [0, 0.05) is 23.5 Å². The number of urea groups is 1. The van der Waals surface area contributed by atoms with Crippen molar-refractivity contribution in [3.05, 3.63) is 11.1 Å². The maximum Gasteiger partial charge on any atom is 0.317 e. The average Bonchev–Trinajstić information content (AvgIpc) is 2.33. The smallest absolute Gasteiger partial charge is 0.317 e. The number of hydrogen-bond acceptors (Lipinski definition) is 2. The van der Waals surface area contributed by atoms with E-state index in [1.807, 2.05) is 0 Å². The molecule has 2 N–H and O–H groups in total. The molecule has 6 heteroatoms. The molecule has 2 amide bonds. The zero-order chi connectivity index (χ0) is 13.5. The number of amides is 2. The van der Waals surface area contributed by atoms with Crippen LogP contribution in [0.1, 0.15) is 32.1 Å². The van der Waals surface area contributed by atoms with E-state index in [0.29, 0.717) is 19.5 Å². The molecule has 0 aliphatic carbocycles. The number of piperidine rings is 1. The molecule has 0 saturated carbocycles. The van der Waals surface area contributed by atoms with Gasteiger partial charge in [0.1, 0.15) is 0 Å². The maximum absolute atomic E-state index is 12.0. The van der Waals surface area contributed by atoms with Crippen LogP contribution in [-0.2, 0) is 4.79 Å². The molecule has 5 nitrogen and oxygen atoms in total. The van der Waals surface area contributed by atoms with Crippen molar-refractivity contribution in [1.82, 2.24) is 10.2 Å². The Labute approximate surface area is 115 Å². The molecule has 102 valence electrons. The van der Waals surface area contributed by atoms with Gasteiger partial charge in [-0.25, -0.2) is 4.79 Å². The minimum atomic E-state index is -0.810. The van der Waals surface area contributed by atoms with Crippen LogP contribution in [-0.4, -0.2) is 41.1 Å². The van der Waals surface area contributed by atoms with Gasteiger partial charge in [0.2, 0.25) is 0 Å². The molecule has 1 unspecified atom stereocenters. The highest BCUT2D eigenvalue weighted by Gasteiger charge is 2.26. The number of likely N-dealkylation sites (tertiary alicyclic amines) is 1. The molecule has 0 bridgehead atoms. The number of hydrogen-bond donors (Lipinski definition) is 2. The Bertz CT molecular complexity index is 333. The van der Waals surface area contributed by atoms with Gasteiger partial charge in [-0.1, -0.05) is 22.5 Å². The van der Waals surface area contributed by atoms with E-state index >= 15 is 0 Å². The predicted octanol–water partition coefficient (Wildman–Crippen LogP) is 2.32. The number of carbonyl (C=O) groups excluding carboxylic acids is 1. The fraction of sp³-hybridized carbons (Fsp3) is 0.667. The van der Waals surface area contributed by atoms with Crippen molar-refractivity contribution in [3.8, 4) is 0 Å². The number of nitrogens with zero attached hydrogens (tertiary/aromatic N) is 1. The second-order valence-electron chi connectivity index (χ2n) is 4.45. The molecule has 1 fully saturated rings. The van der Waals surface area contributed by atoms with Crippen LogP contribution in [0, 0.1) is 0 Å². The number of carboxylic acid groups (broad SMARTS) is 1. The van der Waals surface area contributed by atoms with E-state index in [4.69, 9.17) is 5.11 Å². The summed E-state index contributed by atoms with van der Waals surface area (Å²) >= 11 is 3.19. The van der Waals surface area contributed by atoms with Gasteiger partial charge in [-0.15, -0.1) is 0 Å². The van der Waals surface area contributed by atoms with Crippen LogP contribution in [0.25, 0.3) is 0 Å². The molecule has 18 heavy (non-hydrogen) atoms. The second kappa shape index (κ2) is 7.41.